The van der Waals surface area contributed by atoms with Crippen LogP contribution in [0.15, 0.2) is 205 Å². The third-order valence-electron chi connectivity index (χ3n) is 9.46. The van der Waals surface area contributed by atoms with E-state index < -0.39 is 0 Å². The summed E-state index contributed by atoms with van der Waals surface area (Å²) in [6.07, 6.45) is 0. The topological polar surface area (TPSA) is 16.4 Å². The van der Waals surface area contributed by atoms with Gasteiger partial charge in [-0.1, -0.05) is 164 Å². The lowest BCUT2D eigenvalue weighted by Crippen LogP contribution is -2.11. The lowest BCUT2D eigenvalue weighted by Gasteiger charge is -2.28. The van der Waals surface area contributed by atoms with Crippen molar-refractivity contribution in [2.24, 2.45) is 0 Å². The molecule has 8 aromatic carbocycles. The van der Waals surface area contributed by atoms with E-state index >= 15 is 0 Å². The van der Waals surface area contributed by atoms with Gasteiger partial charge >= 0.3 is 0 Å². The summed E-state index contributed by atoms with van der Waals surface area (Å²) in [5.74, 6) is 0.861. The molecule has 0 aliphatic carbocycles. The van der Waals surface area contributed by atoms with Gasteiger partial charge in [0.1, 0.15) is 11.3 Å². The van der Waals surface area contributed by atoms with Crippen LogP contribution in [-0.2, 0) is 0 Å². The summed E-state index contributed by atoms with van der Waals surface area (Å²) in [6.45, 7) is 0. The summed E-state index contributed by atoms with van der Waals surface area (Å²) < 4.78 is 6.68. The summed E-state index contributed by atoms with van der Waals surface area (Å²) in [5.41, 5.74) is 12.0. The van der Waals surface area contributed by atoms with E-state index in [1.807, 2.05) is 6.07 Å². The van der Waals surface area contributed by atoms with E-state index in [-0.39, 0.29) is 0 Å². The second-order valence-electron chi connectivity index (χ2n) is 12.5. The molecule has 1 aromatic heterocycles. The molecular weight excluding hydrogens is 607 g/mol. The largest absolute Gasteiger partial charge is 0.455 e. The highest BCUT2D eigenvalue weighted by Crippen LogP contribution is 2.45. The molecule has 2 nitrogen and oxygen atoms in total. The quantitative estimate of drug-likeness (QED) is 0.173. The van der Waals surface area contributed by atoms with Gasteiger partial charge in [-0.15, -0.1) is 0 Å². The van der Waals surface area contributed by atoms with Crippen molar-refractivity contribution in [3.63, 3.8) is 0 Å². The van der Waals surface area contributed by atoms with Gasteiger partial charge in [0.15, 0.2) is 0 Å². The maximum Gasteiger partial charge on any atom is 0.143 e. The van der Waals surface area contributed by atoms with Crippen molar-refractivity contribution in [2.75, 3.05) is 4.90 Å². The Hall–Kier alpha value is -6.64. The van der Waals surface area contributed by atoms with Crippen LogP contribution < -0.4 is 4.90 Å². The van der Waals surface area contributed by atoms with Crippen LogP contribution >= 0.6 is 0 Å². The Labute approximate surface area is 292 Å². The first kappa shape index (κ1) is 29.5. The van der Waals surface area contributed by atoms with Gasteiger partial charge in [-0.3, -0.25) is 0 Å². The van der Waals surface area contributed by atoms with Crippen molar-refractivity contribution in [3.8, 4) is 44.7 Å². The summed E-state index contributed by atoms with van der Waals surface area (Å²) in [7, 11) is 0. The Balaban J connectivity index is 1.26. The normalized spacial score (nSPS) is 11.2. The SMILES string of the molecule is c1ccc(-c2ccccc2N(c2cccc(-c3oc4ccccc4c3-c3ccccc3)c2)c2cccc(-c3cccc4ccccc34)c2)cc1. The van der Waals surface area contributed by atoms with E-state index in [0.29, 0.717) is 0 Å². The monoisotopic (exact) mass is 639 g/mol. The first-order valence-electron chi connectivity index (χ1n) is 17.0. The summed E-state index contributed by atoms with van der Waals surface area (Å²) in [6, 6.07) is 71.0. The number of hydrogen-bond acceptors (Lipinski definition) is 2. The van der Waals surface area contributed by atoms with Crippen LogP contribution in [0.2, 0.25) is 0 Å². The molecule has 0 saturated carbocycles. The molecule has 2 heteroatoms. The van der Waals surface area contributed by atoms with Gasteiger partial charge in [0, 0.05) is 33.5 Å². The molecule has 236 valence electrons. The maximum absolute atomic E-state index is 6.68. The van der Waals surface area contributed by atoms with E-state index in [1.165, 1.54) is 21.9 Å². The number of benzene rings is 8. The van der Waals surface area contributed by atoms with Gasteiger partial charge in [0.05, 0.1) is 5.69 Å². The van der Waals surface area contributed by atoms with E-state index in [0.717, 1.165) is 61.6 Å². The number of nitrogens with zero attached hydrogens (tertiary/aromatic N) is 1. The fourth-order valence-electron chi connectivity index (χ4n) is 7.17. The summed E-state index contributed by atoms with van der Waals surface area (Å²) in [4.78, 5) is 2.38. The standard InChI is InChI=1S/C48H33NO/c1-3-16-35(17-4-1)43-27-9-11-30-45(43)49(39-24-13-22-37(32-39)42-29-15-21-34-18-7-8-26-41(34)42)40-25-14-23-38(33-40)48-47(36-19-5-2-6-20-36)44-28-10-12-31-46(44)50-48/h1-33H. The summed E-state index contributed by atoms with van der Waals surface area (Å²) in [5, 5.41) is 3.58. The van der Waals surface area contributed by atoms with E-state index in [9.17, 15) is 0 Å². The van der Waals surface area contributed by atoms with E-state index in [2.05, 4.69) is 199 Å². The van der Waals surface area contributed by atoms with Crippen LogP contribution in [0.25, 0.3) is 66.4 Å². The Bertz CT molecular complexity index is 2600. The molecule has 0 amide bonds. The summed E-state index contributed by atoms with van der Waals surface area (Å²) >= 11 is 0. The van der Waals surface area contributed by atoms with Gasteiger partial charge in [-0.2, -0.15) is 0 Å². The van der Waals surface area contributed by atoms with Gasteiger partial charge < -0.3 is 9.32 Å². The van der Waals surface area contributed by atoms with Gasteiger partial charge in [-0.25, -0.2) is 0 Å². The molecule has 0 fully saturated rings. The van der Waals surface area contributed by atoms with Crippen LogP contribution in [0.5, 0.6) is 0 Å². The fourth-order valence-corrected chi connectivity index (χ4v) is 7.17. The van der Waals surface area contributed by atoms with Gasteiger partial charge in [0.25, 0.3) is 0 Å². The average Bonchev–Trinajstić information content (AvgIpc) is 3.59. The molecule has 0 radical (unpaired) electrons. The highest BCUT2D eigenvalue weighted by molar-refractivity contribution is 6.02. The molecule has 0 bridgehead atoms. The predicted octanol–water partition coefficient (Wildman–Crippen LogP) is 13.7. The zero-order valence-corrected chi connectivity index (χ0v) is 27.4. The highest BCUT2D eigenvalue weighted by Gasteiger charge is 2.21. The van der Waals surface area contributed by atoms with E-state index in [4.69, 9.17) is 4.42 Å². The van der Waals surface area contributed by atoms with Crippen LogP contribution in [0.1, 0.15) is 0 Å². The average molecular weight is 640 g/mol. The first-order chi connectivity index (χ1) is 24.8. The lowest BCUT2D eigenvalue weighted by molar-refractivity contribution is 0.632. The molecule has 50 heavy (non-hydrogen) atoms. The van der Waals surface area contributed by atoms with Crippen molar-refractivity contribution < 1.29 is 4.42 Å². The third kappa shape index (κ3) is 5.34. The number of rotatable bonds is 7. The second-order valence-corrected chi connectivity index (χ2v) is 12.5. The molecule has 0 N–H and O–H groups in total. The Morgan fingerprint density at radius 2 is 0.900 bits per heavy atom. The fraction of sp³-hybridized carbons (Fsp3) is 0. The molecule has 0 spiro atoms. The van der Waals surface area contributed by atoms with Crippen molar-refractivity contribution in [3.05, 3.63) is 200 Å². The van der Waals surface area contributed by atoms with Crippen LogP contribution in [0, 0.1) is 0 Å². The molecular formula is C48H33NO. The Morgan fingerprint density at radius 1 is 0.360 bits per heavy atom. The Morgan fingerprint density at radius 3 is 1.70 bits per heavy atom. The molecule has 9 rings (SSSR count). The first-order valence-corrected chi connectivity index (χ1v) is 17.0. The number of anilines is 3. The van der Waals surface area contributed by atoms with Gasteiger partial charge in [0.2, 0.25) is 0 Å². The van der Waals surface area contributed by atoms with E-state index in [1.54, 1.807) is 0 Å². The number of furan rings is 1. The number of fused-ring (bicyclic) bond motifs is 2. The second kappa shape index (κ2) is 12.8. The maximum atomic E-state index is 6.68. The molecule has 0 aliphatic rings. The van der Waals surface area contributed by atoms with Crippen molar-refractivity contribution in [1.29, 1.82) is 0 Å². The van der Waals surface area contributed by atoms with Crippen molar-refractivity contribution >= 4 is 38.8 Å². The lowest BCUT2D eigenvalue weighted by atomic mass is 9.96. The molecule has 1 heterocycles. The minimum atomic E-state index is 0.861. The van der Waals surface area contributed by atoms with Crippen molar-refractivity contribution in [1.82, 2.24) is 0 Å². The number of hydrogen-bond donors (Lipinski definition) is 0. The minimum absolute atomic E-state index is 0.861. The van der Waals surface area contributed by atoms with Crippen LogP contribution in [0.4, 0.5) is 17.1 Å². The Kier molecular flexibility index (Phi) is 7.53. The van der Waals surface area contributed by atoms with Crippen LogP contribution in [-0.4, -0.2) is 0 Å². The van der Waals surface area contributed by atoms with Crippen LogP contribution in [0.3, 0.4) is 0 Å². The molecule has 0 unspecified atom stereocenters. The molecule has 9 aromatic rings. The highest BCUT2D eigenvalue weighted by atomic mass is 16.3. The van der Waals surface area contributed by atoms with Crippen molar-refractivity contribution in [2.45, 2.75) is 0 Å². The minimum Gasteiger partial charge on any atom is -0.455 e. The molecule has 0 atom stereocenters. The zero-order valence-electron chi connectivity index (χ0n) is 27.4. The predicted molar refractivity (Wildman–Crippen MR) is 210 cm³/mol. The molecule has 0 aliphatic heterocycles. The molecule has 0 saturated heterocycles. The number of para-hydroxylation sites is 2. The van der Waals surface area contributed by atoms with Gasteiger partial charge in [-0.05, 0) is 69.4 Å². The smallest absolute Gasteiger partial charge is 0.143 e. The zero-order chi connectivity index (χ0) is 33.3. The third-order valence-corrected chi connectivity index (χ3v) is 9.46.